The zero-order chi connectivity index (χ0) is 11.3. The molecule has 1 N–H and O–H groups in total. The lowest BCUT2D eigenvalue weighted by Crippen LogP contribution is -2.12. The van der Waals surface area contributed by atoms with Crippen molar-refractivity contribution in [3.05, 3.63) is 24.2 Å². The summed E-state index contributed by atoms with van der Waals surface area (Å²) in [6.45, 7) is 0. The number of ether oxygens (including phenoxy) is 1. The van der Waals surface area contributed by atoms with Gasteiger partial charge in [-0.2, -0.15) is 0 Å². The average Bonchev–Trinajstić information content (AvgIpc) is 2.70. The third-order valence-corrected chi connectivity index (χ3v) is 1.92. The maximum Gasteiger partial charge on any atom is 0.313 e. The number of ketones is 1. The van der Waals surface area contributed by atoms with Crippen LogP contribution in [0.25, 0.3) is 0 Å². The van der Waals surface area contributed by atoms with Crippen molar-refractivity contribution in [1.82, 2.24) is 0 Å². The Bertz CT molecular complexity index is 328. The monoisotopic (exact) mass is 212 g/mol. The Hall–Kier alpha value is -1.62. The largest absolute Gasteiger partial charge is 0.472 e. The van der Waals surface area contributed by atoms with E-state index in [2.05, 4.69) is 4.74 Å². The van der Waals surface area contributed by atoms with E-state index >= 15 is 0 Å². The molecule has 0 saturated carbocycles. The van der Waals surface area contributed by atoms with E-state index in [0.29, 0.717) is 5.56 Å². The van der Waals surface area contributed by atoms with Gasteiger partial charge in [-0.15, -0.1) is 0 Å². The molecular formula is C10H12O5. The second kappa shape index (κ2) is 5.31. The molecule has 1 rings (SSSR count). The van der Waals surface area contributed by atoms with E-state index in [1.54, 1.807) is 6.07 Å². The first kappa shape index (κ1) is 11.5. The van der Waals surface area contributed by atoms with Gasteiger partial charge in [0.05, 0.1) is 25.7 Å². The molecule has 82 valence electrons. The van der Waals surface area contributed by atoms with E-state index in [-0.39, 0.29) is 18.6 Å². The van der Waals surface area contributed by atoms with Gasteiger partial charge in [0.2, 0.25) is 0 Å². The third-order valence-electron chi connectivity index (χ3n) is 1.92. The summed E-state index contributed by atoms with van der Waals surface area (Å²) >= 11 is 0. The lowest BCUT2D eigenvalue weighted by Gasteiger charge is -2.06. The topological polar surface area (TPSA) is 76.7 Å². The van der Waals surface area contributed by atoms with Gasteiger partial charge in [-0.3, -0.25) is 9.59 Å². The molecule has 0 bridgehead atoms. The van der Waals surface area contributed by atoms with Crippen molar-refractivity contribution >= 4 is 11.8 Å². The number of carbonyl (C=O) groups excluding carboxylic acids is 2. The minimum atomic E-state index is -0.930. The average molecular weight is 212 g/mol. The van der Waals surface area contributed by atoms with Crippen LogP contribution in [0.1, 0.15) is 24.5 Å². The first-order valence-corrected chi connectivity index (χ1v) is 4.42. The highest BCUT2D eigenvalue weighted by Crippen LogP contribution is 2.17. The highest BCUT2D eigenvalue weighted by molar-refractivity contribution is 5.95. The predicted octanol–water partition coefficient (Wildman–Crippen LogP) is 0.835. The predicted molar refractivity (Wildman–Crippen MR) is 49.9 cm³/mol. The number of carbonyl (C=O) groups is 2. The number of aliphatic hydroxyl groups is 1. The van der Waals surface area contributed by atoms with E-state index in [0.717, 1.165) is 0 Å². The van der Waals surface area contributed by atoms with Crippen LogP contribution in [-0.2, 0) is 14.3 Å². The first-order chi connectivity index (χ1) is 7.13. The van der Waals surface area contributed by atoms with Crippen LogP contribution >= 0.6 is 0 Å². The molecule has 0 amide bonds. The highest BCUT2D eigenvalue weighted by atomic mass is 16.5. The summed E-state index contributed by atoms with van der Waals surface area (Å²) in [6.07, 6.45) is 1.40. The Morgan fingerprint density at radius 1 is 1.60 bits per heavy atom. The lowest BCUT2D eigenvalue weighted by atomic mass is 10.1. The molecule has 0 radical (unpaired) electrons. The summed E-state index contributed by atoms with van der Waals surface area (Å²) in [7, 11) is 1.21. The molecule has 5 nitrogen and oxygen atoms in total. The lowest BCUT2D eigenvalue weighted by molar-refractivity contribution is -0.143. The van der Waals surface area contributed by atoms with Crippen LogP contribution in [0.2, 0.25) is 0 Å². The number of Topliss-reactive ketones (excluding diaryl/α,β-unsaturated/α-hetero) is 1. The van der Waals surface area contributed by atoms with E-state index in [1.165, 1.54) is 19.6 Å². The summed E-state index contributed by atoms with van der Waals surface area (Å²) in [4.78, 5) is 22.0. The summed E-state index contributed by atoms with van der Waals surface area (Å²) in [5, 5.41) is 9.53. The number of methoxy groups -OCH3 is 1. The van der Waals surface area contributed by atoms with Gasteiger partial charge in [0.15, 0.2) is 0 Å². The first-order valence-electron chi connectivity index (χ1n) is 4.42. The summed E-state index contributed by atoms with van der Waals surface area (Å²) in [5.41, 5.74) is 0.521. The Morgan fingerprint density at radius 3 is 2.87 bits per heavy atom. The molecule has 0 aliphatic carbocycles. The van der Waals surface area contributed by atoms with Crippen molar-refractivity contribution in [2.75, 3.05) is 7.11 Å². The quantitative estimate of drug-likeness (QED) is 0.578. The van der Waals surface area contributed by atoms with Crippen LogP contribution in [0.4, 0.5) is 0 Å². The van der Waals surface area contributed by atoms with Crippen LogP contribution < -0.4 is 0 Å². The molecule has 1 aromatic rings. The Labute approximate surface area is 86.6 Å². The van der Waals surface area contributed by atoms with Gasteiger partial charge in [0.1, 0.15) is 12.2 Å². The molecule has 0 spiro atoms. The standard InChI is InChI=1S/C10H12O5/c1-14-10(13)5-8(11)4-9(12)7-2-3-15-6-7/h2-3,6,9,12H,4-5H2,1H3/t9-/m1/s1. The van der Waals surface area contributed by atoms with Crippen LogP contribution in [0, 0.1) is 0 Å². The normalized spacial score (nSPS) is 12.1. The molecule has 0 fully saturated rings. The molecule has 15 heavy (non-hydrogen) atoms. The van der Waals surface area contributed by atoms with E-state index in [4.69, 9.17) is 4.42 Å². The van der Waals surface area contributed by atoms with Gasteiger partial charge in [0, 0.05) is 12.0 Å². The number of hydrogen-bond acceptors (Lipinski definition) is 5. The minimum Gasteiger partial charge on any atom is -0.472 e. The molecule has 0 unspecified atom stereocenters. The zero-order valence-corrected chi connectivity index (χ0v) is 8.30. The fraction of sp³-hybridized carbons (Fsp3) is 0.400. The van der Waals surface area contributed by atoms with Crippen molar-refractivity contribution in [3.8, 4) is 0 Å². The van der Waals surface area contributed by atoms with Crippen molar-refractivity contribution in [3.63, 3.8) is 0 Å². The fourth-order valence-electron chi connectivity index (χ4n) is 1.10. The summed E-state index contributed by atoms with van der Waals surface area (Å²) in [5.74, 6) is -0.963. The van der Waals surface area contributed by atoms with Gasteiger partial charge in [0.25, 0.3) is 0 Å². The smallest absolute Gasteiger partial charge is 0.313 e. The number of aliphatic hydroxyl groups excluding tert-OH is 1. The van der Waals surface area contributed by atoms with Gasteiger partial charge in [-0.25, -0.2) is 0 Å². The van der Waals surface area contributed by atoms with E-state index < -0.39 is 12.1 Å². The SMILES string of the molecule is COC(=O)CC(=O)C[C@@H](O)c1ccoc1. The molecule has 1 heterocycles. The minimum absolute atomic E-state index is 0.116. The Morgan fingerprint density at radius 2 is 2.33 bits per heavy atom. The fourth-order valence-corrected chi connectivity index (χ4v) is 1.10. The molecule has 0 aliphatic rings. The maximum atomic E-state index is 11.2. The Kier molecular flexibility index (Phi) is 4.05. The highest BCUT2D eigenvalue weighted by Gasteiger charge is 2.16. The molecule has 0 aromatic carbocycles. The maximum absolute atomic E-state index is 11.2. The van der Waals surface area contributed by atoms with E-state index in [9.17, 15) is 14.7 Å². The van der Waals surface area contributed by atoms with Gasteiger partial charge in [-0.05, 0) is 6.07 Å². The number of furan rings is 1. The second-order valence-corrected chi connectivity index (χ2v) is 3.07. The summed E-state index contributed by atoms with van der Waals surface area (Å²) < 4.78 is 9.09. The van der Waals surface area contributed by atoms with Crippen molar-refractivity contribution in [1.29, 1.82) is 0 Å². The van der Waals surface area contributed by atoms with Crippen LogP contribution in [0.15, 0.2) is 23.0 Å². The summed E-state index contributed by atoms with van der Waals surface area (Å²) in [6, 6.07) is 1.57. The van der Waals surface area contributed by atoms with Crippen LogP contribution in [0.3, 0.4) is 0 Å². The number of rotatable bonds is 5. The van der Waals surface area contributed by atoms with Crippen molar-refractivity contribution in [2.45, 2.75) is 18.9 Å². The number of hydrogen-bond donors (Lipinski definition) is 1. The molecular weight excluding hydrogens is 200 g/mol. The Balaban J connectivity index is 2.42. The molecule has 0 aliphatic heterocycles. The molecule has 5 heteroatoms. The van der Waals surface area contributed by atoms with Crippen LogP contribution in [0.5, 0.6) is 0 Å². The van der Waals surface area contributed by atoms with Crippen molar-refractivity contribution < 1.29 is 23.8 Å². The molecule has 1 atom stereocenters. The van der Waals surface area contributed by atoms with Crippen molar-refractivity contribution in [2.24, 2.45) is 0 Å². The zero-order valence-electron chi connectivity index (χ0n) is 8.30. The van der Waals surface area contributed by atoms with E-state index in [1.807, 2.05) is 0 Å². The second-order valence-electron chi connectivity index (χ2n) is 3.07. The number of esters is 1. The third kappa shape index (κ3) is 3.55. The molecule has 0 saturated heterocycles. The van der Waals surface area contributed by atoms with Gasteiger partial charge in [-0.1, -0.05) is 0 Å². The van der Waals surface area contributed by atoms with Gasteiger partial charge < -0.3 is 14.3 Å². The molecule has 1 aromatic heterocycles. The van der Waals surface area contributed by atoms with Crippen LogP contribution in [-0.4, -0.2) is 24.0 Å². The van der Waals surface area contributed by atoms with Gasteiger partial charge >= 0.3 is 5.97 Å².